The number of hydrogen-bond acceptors (Lipinski definition) is 4. The minimum Gasteiger partial charge on any atom is -0.299 e. The van der Waals surface area contributed by atoms with Crippen molar-refractivity contribution in [3.8, 4) is 6.07 Å². The number of nitrogens with zero attached hydrogens (tertiary/aromatic N) is 4. The average Bonchev–Trinajstić information content (AvgIpc) is 2.42. The van der Waals surface area contributed by atoms with E-state index in [1.165, 1.54) is 6.20 Å². The summed E-state index contributed by atoms with van der Waals surface area (Å²) in [6.07, 6.45) is -1.72. The lowest BCUT2D eigenvalue weighted by Crippen LogP contribution is -2.37. The number of aromatic nitrogens is 2. The fraction of sp³-hybridized carbons (Fsp3) is 0.643. The van der Waals surface area contributed by atoms with Crippen LogP contribution in [0, 0.1) is 23.7 Å². The van der Waals surface area contributed by atoms with Crippen LogP contribution in [0.1, 0.15) is 36.8 Å². The molecule has 2 heterocycles. The van der Waals surface area contributed by atoms with Crippen LogP contribution in [-0.2, 0) is 12.7 Å². The van der Waals surface area contributed by atoms with Crippen LogP contribution < -0.4 is 0 Å². The minimum absolute atomic E-state index is 0.289. The molecule has 1 aliphatic heterocycles. The van der Waals surface area contributed by atoms with E-state index in [1.54, 1.807) is 6.92 Å². The molecule has 0 N–H and O–H groups in total. The number of rotatable bonds is 2. The van der Waals surface area contributed by atoms with Crippen molar-refractivity contribution in [3.63, 3.8) is 0 Å². The van der Waals surface area contributed by atoms with Crippen molar-refractivity contribution < 1.29 is 13.2 Å². The number of alkyl halides is 3. The normalized spacial score (nSPS) is 19.2. The Labute approximate surface area is 121 Å². The Morgan fingerprint density at radius 1 is 1.38 bits per heavy atom. The van der Waals surface area contributed by atoms with Gasteiger partial charge in [-0.15, -0.1) is 0 Å². The Bertz CT molecular complexity index is 554. The minimum atomic E-state index is -4.51. The molecule has 0 bridgehead atoms. The highest BCUT2D eigenvalue weighted by atomic mass is 19.4. The molecule has 2 rings (SSSR count). The molecule has 21 heavy (non-hydrogen) atoms. The molecule has 0 aromatic carbocycles. The lowest BCUT2D eigenvalue weighted by atomic mass is 9.82. The standard InChI is InChI=1S/C14H17F3N4/c1-10-11(7-19-12(20-10)14(15,16)17)8-21-5-3-13(2,9-18)4-6-21/h7H,3-6,8H2,1-2H3. The number of halogens is 3. The summed E-state index contributed by atoms with van der Waals surface area (Å²) in [6, 6.07) is 2.32. The van der Waals surface area contributed by atoms with Crippen molar-refractivity contribution in [1.29, 1.82) is 5.26 Å². The molecule has 1 aromatic rings. The monoisotopic (exact) mass is 298 g/mol. The lowest BCUT2D eigenvalue weighted by Gasteiger charge is -2.35. The van der Waals surface area contributed by atoms with E-state index in [4.69, 9.17) is 5.26 Å². The van der Waals surface area contributed by atoms with E-state index in [0.717, 1.165) is 25.9 Å². The van der Waals surface area contributed by atoms with Crippen LogP contribution in [0.2, 0.25) is 0 Å². The molecule has 1 aromatic heterocycles. The summed E-state index contributed by atoms with van der Waals surface area (Å²) in [5, 5.41) is 9.08. The Kier molecular flexibility index (Phi) is 4.19. The van der Waals surface area contributed by atoms with Gasteiger partial charge in [-0.1, -0.05) is 0 Å². The predicted octanol–water partition coefficient (Wildman–Crippen LogP) is 2.93. The quantitative estimate of drug-likeness (QED) is 0.842. The third-order valence-electron chi connectivity index (χ3n) is 3.96. The highest BCUT2D eigenvalue weighted by Gasteiger charge is 2.35. The van der Waals surface area contributed by atoms with Gasteiger partial charge < -0.3 is 0 Å². The second-order valence-electron chi connectivity index (χ2n) is 5.75. The highest BCUT2D eigenvalue weighted by Crippen LogP contribution is 2.31. The zero-order valence-electron chi connectivity index (χ0n) is 12.0. The van der Waals surface area contributed by atoms with Crippen molar-refractivity contribution in [2.75, 3.05) is 13.1 Å². The molecule has 0 amide bonds. The smallest absolute Gasteiger partial charge is 0.299 e. The Hall–Kier alpha value is -1.68. The first kappa shape index (κ1) is 15.7. The largest absolute Gasteiger partial charge is 0.451 e. The van der Waals surface area contributed by atoms with Gasteiger partial charge >= 0.3 is 6.18 Å². The summed E-state index contributed by atoms with van der Waals surface area (Å²) in [5.74, 6) is -1.10. The molecular weight excluding hydrogens is 281 g/mol. The summed E-state index contributed by atoms with van der Waals surface area (Å²) in [7, 11) is 0. The lowest BCUT2D eigenvalue weighted by molar-refractivity contribution is -0.145. The van der Waals surface area contributed by atoms with E-state index in [-0.39, 0.29) is 5.41 Å². The molecule has 7 heteroatoms. The molecule has 1 aliphatic rings. The number of piperidine rings is 1. The molecule has 0 atom stereocenters. The van der Waals surface area contributed by atoms with Crippen LogP contribution in [0.15, 0.2) is 6.20 Å². The van der Waals surface area contributed by atoms with Crippen LogP contribution in [0.4, 0.5) is 13.2 Å². The first-order valence-electron chi connectivity index (χ1n) is 6.77. The summed E-state index contributed by atoms with van der Waals surface area (Å²) in [4.78, 5) is 9.07. The van der Waals surface area contributed by atoms with Gasteiger partial charge in [0.1, 0.15) is 0 Å². The Morgan fingerprint density at radius 3 is 2.48 bits per heavy atom. The maximum absolute atomic E-state index is 12.5. The fourth-order valence-corrected chi connectivity index (χ4v) is 2.34. The molecule has 4 nitrogen and oxygen atoms in total. The van der Waals surface area contributed by atoms with Crippen LogP contribution in [0.5, 0.6) is 0 Å². The Balaban J connectivity index is 2.04. The molecule has 0 aliphatic carbocycles. The van der Waals surface area contributed by atoms with Gasteiger partial charge in [0, 0.05) is 24.0 Å². The van der Waals surface area contributed by atoms with E-state index in [1.807, 2.05) is 6.92 Å². The van der Waals surface area contributed by atoms with Crippen LogP contribution in [0.3, 0.4) is 0 Å². The molecule has 1 saturated heterocycles. The Morgan fingerprint density at radius 2 is 2.00 bits per heavy atom. The predicted molar refractivity (Wildman–Crippen MR) is 70.0 cm³/mol. The molecule has 0 unspecified atom stereocenters. The maximum Gasteiger partial charge on any atom is 0.451 e. The topological polar surface area (TPSA) is 52.8 Å². The summed E-state index contributed by atoms with van der Waals surface area (Å²) >= 11 is 0. The zero-order valence-corrected chi connectivity index (χ0v) is 12.0. The van der Waals surface area contributed by atoms with E-state index in [2.05, 4.69) is 20.9 Å². The number of hydrogen-bond donors (Lipinski definition) is 0. The zero-order chi connectivity index (χ0) is 15.7. The van der Waals surface area contributed by atoms with Crippen LogP contribution >= 0.6 is 0 Å². The number of aryl methyl sites for hydroxylation is 1. The van der Waals surface area contributed by atoms with E-state index in [0.29, 0.717) is 17.8 Å². The number of nitriles is 1. The molecular formula is C14H17F3N4. The van der Waals surface area contributed by atoms with Gasteiger partial charge in [-0.3, -0.25) is 4.90 Å². The van der Waals surface area contributed by atoms with Gasteiger partial charge in [0.15, 0.2) is 0 Å². The molecule has 0 radical (unpaired) electrons. The highest BCUT2D eigenvalue weighted by molar-refractivity contribution is 5.17. The molecule has 0 saturated carbocycles. The van der Waals surface area contributed by atoms with Crippen molar-refractivity contribution >= 4 is 0 Å². The molecule has 114 valence electrons. The average molecular weight is 298 g/mol. The summed E-state index contributed by atoms with van der Waals surface area (Å²) in [5.41, 5.74) is 0.761. The van der Waals surface area contributed by atoms with Gasteiger partial charge in [-0.25, -0.2) is 9.97 Å². The van der Waals surface area contributed by atoms with E-state index < -0.39 is 12.0 Å². The van der Waals surface area contributed by atoms with Crippen LogP contribution in [-0.4, -0.2) is 28.0 Å². The first-order chi connectivity index (χ1) is 9.73. The number of likely N-dealkylation sites (tertiary alicyclic amines) is 1. The maximum atomic E-state index is 12.5. The van der Waals surface area contributed by atoms with Gasteiger partial charge in [0.2, 0.25) is 5.82 Å². The van der Waals surface area contributed by atoms with Crippen molar-refractivity contribution in [2.45, 2.75) is 39.4 Å². The van der Waals surface area contributed by atoms with E-state index in [9.17, 15) is 13.2 Å². The van der Waals surface area contributed by atoms with E-state index >= 15 is 0 Å². The molecule has 0 spiro atoms. The first-order valence-corrected chi connectivity index (χ1v) is 6.77. The SMILES string of the molecule is Cc1nc(C(F)(F)F)ncc1CN1CCC(C)(C#N)CC1. The van der Waals surface area contributed by atoms with Gasteiger partial charge in [0.25, 0.3) is 0 Å². The van der Waals surface area contributed by atoms with Gasteiger partial charge in [0.05, 0.1) is 11.5 Å². The van der Waals surface area contributed by atoms with Gasteiger partial charge in [-0.05, 0) is 39.8 Å². The molecule has 1 fully saturated rings. The summed E-state index contributed by atoms with van der Waals surface area (Å²) in [6.45, 7) is 5.53. The fourth-order valence-electron chi connectivity index (χ4n) is 2.34. The second-order valence-corrected chi connectivity index (χ2v) is 5.75. The van der Waals surface area contributed by atoms with Crippen molar-refractivity contribution in [2.24, 2.45) is 5.41 Å². The third-order valence-corrected chi connectivity index (χ3v) is 3.96. The van der Waals surface area contributed by atoms with Crippen LogP contribution in [0.25, 0.3) is 0 Å². The second kappa shape index (κ2) is 5.60. The van der Waals surface area contributed by atoms with Gasteiger partial charge in [-0.2, -0.15) is 18.4 Å². The van der Waals surface area contributed by atoms with Crippen molar-refractivity contribution in [3.05, 3.63) is 23.3 Å². The van der Waals surface area contributed by atoms with Crippen molar-refractivity contribution in [1.82, 2.24) is 14.9 Å². The third kappa shape index (κ3) is 3.70. The summed E-state index contributed by atoms with van der Waals surface area (Å²) < 4.78 is 37.5.